The molecule has 2 unspecified atom stereocenters. The summed E-state index contributed by atoms with van der Waals surface area (Å²) in [7, 11) is 0. The maximum Gasteiger partial charge on any atom is 0.324 e. The van der Waals surface area contributed by atoms with Crippen molar-refractivity contribution in [2.24, 2.45) is 5.92 Å². The van der Waals surface area contributed by atoms with E-state index in [1.807, 2.05) is 12.1 Å². The number of aromatic nitrogens is 1. The van der Waals surface area contributed by atoms with E-state index in [9.17, 15) is 15.2 Å². The molecular formula is C38H37N3O4. The first-order valence-corrected chi connectivity index (χ1v) is 15.9. The Morgan fingerprint density at radius 2 is 1.84 bits per heavy atom. The molecule has 3 aliphatic rings. The number of pyridine rings is 1. The fourth-order valence-electron chi connectivity index (χ4n) is 7.52. The van der Waals surface area contributed by atoms with Crippen LogP contribution in [0.2, 0.25) is 0 Å². The van der Waals surface area contributed by atoms with Gasteiger partial charge in [-0.1, -0.05) is 48.5 Å². The Morgan fingerprint density at radius 3 is 2.67 bits per heavy atom. The smallest absolute Gasteiger partial charge is 0.324 e. The van der Waals surface area contributed by atoms with Crippen LogP contribution >= 0.6 is 0 Å². The first-order chi connectivity index (χ1) is 22.0. The second kappa shape index (κ2) is 12.0. The van der Waals surface area contributed by atoms with Gasteiger partial charge in [0.15, 0.2) is 0 Å². The number of hydrogen-bond donors (Lipinski definition) is 1. The first-order valence-electron chi connectivity index (χ1n) is 15.9. The summed E-state index contributed by atoms with van der Waals surface area (Å²) in [6.45, 7) is 4.13. The molecular weight excluding hydrogens is 562 g/mol. The lowest BCUT2D eigenvalue weighted by Gasteiger charge is -2.34. The van der Waals surface area contributed by atoms with Gasteiger partial charge in [0.05, 0.1) is 5.56 Å². The van der Waals surface area contributed by atoms with Crippen LogP contribution in [0.3, 0.4) is 0 Å². The Kier molecular flexibility index (Phi) is 7.76. The van der Waals surface area contributed by atoms with E-state index < -0.39 is 11.5 Å². The monoisotopic (exact) mass is 599 g/mol. The Hall–Kier alpha value is -4.67. The van der Waals surface area contributed by atoms with E-state index in [1.54, 1.807) is 18.5 Å². The zero-order valence-corrected chi connectivity index (χ0v) is 25.6. The SMILES string of the molecule is Cc1c(COc2cc(OCc3cncc(C#N)c3)c(CN3CCCC4CC43C(=O)O)c3c2CCC3)cccc1-c1ccccc1. The second-order valence-corrected chi connectivity index (χ2v) is 12.6. The lowest BCUT2D eigenvalue weighted by Crippen LogP contribution is -2.47. The fourth-order valence-corrected chi connectivity index (χ4v) is 7.52. The Balaban J connectivity index is 1.22. The van der Waals surface area contributed by atoms with Gasteiger partial charge in [0.25, 0.3) is 0 Å². The van der Waals surface area contributed by atoms with Crippen LogP contribution in [-0.2, 0) is 37.4 Å². The zero-order chi connectivity index (χ0) is 31.0. The number of benzene rings is 3. The molecule has 45 heavy (non-hydrogen) atoms. The predicted octanol–water partition coefficient (Wildman–Crippen LogP) is 7.01. The highest BCUT2D eigenvalue weighted by molar-refractivity contribution is 5.83. The van der Waals surface area contributed by atoms with Gasteiger partial charge < -0.3 is 14.6 Å². The van der Waals surface area contributed by atoms with E-state index in [1.165, 1.54) is 27.8 Å². The standard InChI is InChI=1S/C38H37N3O4/c1-25-29(10-5-12-31(25)28-8-3-2-4-9-28)24-45-35-17-36(44-23-27-16-26(19-39)20-40-21-27)34(32-13-6-14-33(32)35)22-41-15-7-11-30-18-38(30,41)37(42)43/h2-5,8-10,12,16-17,20-21,30H,6-7,11,13-15,18,22-24H2,1H3,(H,42,43). The molecule has 7 heteroatoms. The summed E-state index contributed by atoms with van der Waals surface area (Å²) in [6.07, 6.45) is 8.80. The van der Waals surface area contributed by atoms with Crippen LogP contribution in [0.4, 0.5) is 0 Å². The number of hydrogen-bond acceptors (Lipinski definition) is 6. The third kappa shape index (κ3) is 5.44. The van der Waals surface area contributed by atoms with Gasteiger partial charge in [-0.3, -0.25) is 14.7 Å². The molecule has 228 valence electrons. The highest BCUT2D eigenvalue weighted by atomic mass is 16.5. The van der Waals surface area contributed by atoms with Gasteiger partial charge in [-0.25, -0.2) is 0 Å². The summed E-state index contributed by atoms with van der Waals surface area (Å²) >= 11 is 0. The molecule has 2 fully saturated rings. The summed E-state index contributed by atoms with van der Waals surface area (Å²) in [6, 6.07) is 22.7. The number of nitrogens with zero attached hydrogens (tertiary/aromatic N) is 3. The topological polar surface area (TPSA) is 95.7 Å². The number of carbonyl (C=O) groups is 1. The van der Waals surface area contributed by atoms with Gasteiger partial charge in [0.2, 0.25) is 0 Å². The summed E-state index contributed by atoms with van der Waals surface area (Å²) in [5.74, 6) is 1.05. The summed E-state index contributed by atoms with van der Waals surface area (Å²) in [4.78, 5) is 18.9. The number of aliphatic carboxylic acids is 1. The number of piperidine rings is 1. The van der Waals surface area contributed by atoms with Crippen LogP contribution in [0.5, 0.6) is 11.5 Å². The van der Waals surface area contributed by atoms with Crippen molar-refractivity contribution in [2.75, 3.05) is 6.54 Å². The molecule has 1 aromatic heterocycles. The second-order valence-electron chi connectivity index (χ2n) is 12.6. The molecule has 7 rings (SSSR count). The van der Waals surface area contributed by atoms with Gasteiger partial charge in [0.1, 0.15) is 36.3 Å². The molecule has 2 aliphatic carbocycles. The van der Waals surface area contributed by atoms with Crippen LogP contribution in [-0.4, -0.2) is 33.0 Å². The fraction of sp³-hybridized carbons (Fsp3) is 0.342. The number of carboxylic acids is 1. The third-order valence-corrected chi connectivity index (χ3v) is 10.0. The molecule has 4 aromatic rings. The third-order valence-electron chi connectivity index (χ3n) is 10.0. The van der Waals surface area contributed by atoms with Crippen molar-refractivity contribution in [2.45, 2.75) is 70.7 Å². The van der Waals surface area contributed by atoms with E-state index >= 15 is 0 Å². The van der Waals surface area contributed by atoms with E-state index in [4.69, 9.17) is 9.47 Å². The normalized spacial score (nSPS) is 20.1. The van der Waals surface area contributed by atoms with Crippen LogP contribution in [0.15, 0.2) is 73.1 Å². The largest absolute Gasteiger partial charge is 0.488 e. The summed E-state index contributed by atoms with van der Waals surface area (Å²) < 4.78 is 13.1. The Bertz CT molecular complexity index is 1800. The maximum atomic E-state index is 12.5. The van der Waals surface area contributed by atoms with E-state index in [0.29, 0.717) is 24.5 Å². The molecule has 2 atom stereocenters. The van der Waals surface area contributed by atoms with Crippen molar-refractivity contribution < 1.29 is 19.4 Å². The maximum absolute atomic E-state index is 12.5. The molecule has 1 saturated heterocycles. The van der Waals surface area contributed by atoms with Crippen molar-refractivity contribution in [3.8, 4) is 28.7 Å². The van der Waals surface area contributed by atoms with E-state index in [0.717, 1.165) is 67.5 Å². The molecule has 1 N–H and O–H groups in total. The first kappa shape index (κ1) is 29.1. The lowest BCUT2D eigenvalue weighted by molar-refractivity contribution is -0.147. The van der Waals surface area contributed by atoms with Gasteiger partial charge >= 0.3 is 5.97 Å². The minimum absolute atomic E-state index is 0.221. The molecule has 7 nitrogen and oxygen atoms in total. The average Bonchev–Trinajstić information content (AvgIpc) is 3.65. The number of ether oxygens (including phenoxy) is 2. The molecule has 0 amide bonds. The van der Waals surface area contributed by atoms with Crippen molar-refractivity contribution in [1.82, 2.24) is 9.88 Å². The van der Waals surface area contributed by atoms with Crippen molar-refractivity contribution in [3.05, 3.63) is 112 Å². The summed E-state index contributed by atoms with van der Waals surface area (Å²) in [5, 5.41) is 19.6. The van der Waals surface area contributed by atoms with Gasteiger partial charge in [-0.2, -0.15) is 5.26 Å². The predicted molar refractivity (Wildman–Crippen MR) is 171 cm³/mol. The van der Waals surface area contributed by atoms with Crippen LogP contribution in [0, 0.1) is 24.2 Å². The molecule has 2 heterocycles. The molecule has 3 aromatic carbocycles. The number of fused-ring (bicyclic) bond motifs is 2. The number of likely N-dealkylation sites (tertiary alicyclic amines) is 1. The summed E-state index contributed by atoms with van der Waals surface area (Å²) in [5.41, 5.74) is 8.73. The van der Waals surface area contributed by atoms with Gasteiger partial charge in [0, 0.05) is 36.1 Å². The minimum atomic E-state index is -0.761. The molecule has 1 saturated carbocycles. The number of carboxylic acid groups (broad SMARTS) is 1. The highest BCUT2D eigenvalue weighted by Gasteiger charge is 2.65. The molecule has 0 radical (unpaired) electrons. The molecule has 0 spiro atoms. The van der Waals surface area contributed by atoms with Crippen LogP contribution in [0.25, 0.3) is 11.1 Å². The van der Waals surface area contributed by atoms with Gasteiger partial charge in [-0.05, 0) is 97.4 Å². The zero-order valence-electron chi connectivity index (χ0n) is 25.6. The van der Waals surface area contributed by atoms with Crippen LogP contribution in [0.1, 0.15) is 64.6 Å². The van der Waals surface area contributed by atoms with Crippen molar-refractivity contribution >= 4 is 5.97 Å². The Labute approximate surface area is 264 Å². The van der Waals surface area contributed by atoms with Crippen molar-refractivity contribution in [1.29, 1.82) is 5.26 Å². The van der Waals surface area contributed by atoms with Crippen molar-refractivity contribution in [3.63, 3.8) is 0 Å². The minimum Gasteiger partial charge on any atom is -0.488 e. The Morgan fingerprint density at radius 1 is 1.02 bits per heavy atom. The molecule has 1 aliphatic heterocycles. The lowest BCUT2D eigenvalue weighted by atomic mass is 9.96. The number of rotatable bonds is 10. The molecule has 0 bridgehead atoms. The quantitative estimate of drug-likeness (QED) is 0.209. The van der Waals surface area contributed by atoms with E-state index in [-0.39, 0.29) is 12.5 Å². The van der Waals surface area contributed by atoms with Crippen LogP contribution < -0.4 is 9.47 Å². The average molecular weight is 600 g/mol. The van der Waals surface area contributed by atoms with Gasteiger partial charge in [-0.15, -0.1) is 0 Å². The highest BCUT2D eigenvalue weighted by Crippen LogP contribution is 2.55. The number of nitriles is 1. The van der Waals surface area contributed by atoms with E-state index in [2.05, 4.69) is 65.3 Å².